The Labute approximate surface area is 142 Å². The molecule has 1 aliphatic rings. The molecule has 0 unspecified atom stereocenters. The zero-order chi connectivity index (χ0) is 17.8. The van der Waals surface area contributed by atoms with Crippen LogP contribution in [-0.2, 0) is 9.53 Å². The highest BCUT2D eigenvalue weighted by Crippen LogP contribution is 2.35. The Bertz CT molecular complexity index is 618. The lowest BCUT2D eigenvalue weighted by Crippen LogP contribution is -2.54. The van der Waals surface area contributed by atoms with Crippen LogP contribution in [-0.4, -0.2) is 39.8 Å². The van der Waals surface area contributed by atoms with Crippen molar-refractivity contribution in [1.82, 2.24) is 4.90 Å². The summed E-state index contributed by atoms with van der Waals surface area (Å²) in [6, 6.07) is 9.68. The molecule has 0 spiro atoms. The number of ether oxygens (including phenoxy) is 1. The van der Waals surface area contributed by atoms with Crippen LogP contribution in [0, 0.1) is 0 Å². The van der Waals surface area contributed by atoms with Gasteiger partial charge in [-0.2, -0.15) is 0 Å². The molecule has 1 aromatic rings. The summed E-state index contributed by atoms with van der Waals surface area (Å²) in [4.78, 5) is 25.8. The third-order valence-electron chi connectivity index (χ3n) is 4.07. The van der Waals surface area contributed by atoms with Crippen molar-refractivity contribution >= 4 is 18.1 Å². The van der Waals surface area contributed by atoms with E-state index < -0.39 is 23.2 Å². The van der Waals surface area contributed by atoms with Crippen molar-refractivity contribution in [2.45, 2.75) is 51.2 Å². The Morgan fingerprint density at radius 3 is 2.54 bits per heavy atom. The third kappa shape index (κ3) is 4.16. The molecule has 5 nitrogen and oxygen atoms in total. The number of likely N-dealkylation sites (tertiary alicyclic amines) is 1. The third-order valence-corrected chi connectivity index (χ3v) is 4.07. The van der Waals surface area contributed by atoms with Crippen LogP contribution in [0.2, 0.25) is 0 Å². The molecule has 0 bridgehead atoms. The molecule has 1 fully saturated rings. The number of hydrogen-bond donors (Lipinski definition) is 1. The van der Waals surface area contributed by atoms with Gasteiger partial charge in [-0.15, -0.1) is 0 Å². The molecule has 5 heteroatoms. The van der Waals surface area contributed by atoms with E-state index in [4.69, 9.17) is 4.74 Å². The van der Waals surface area contributed by atoms with E-state index in [2.05, 4.69) is 0 Å². The Kier molecular flexibility index (Phi) is 5.32. The minimum Gasteiger partial charge on any atom is -0.479 e. The van der Waals surface area contributed by atoms with Crippen LogP contribution in [0.25, 0.3) is 6.08 Å². The molecular weight excluding hydrogens is 306 g/mol. The van der Waals surface area contributed by atoms with Crippen molar-refractivity contribution in [2.24, 2.45) is 0 Å². The Morgan fingerprint density at radius 2 is 1.96 bits per heavy atom. The first-order valence-electron chi connectivity index (χ1n) is 8.20. The molecule has 24 heavy (non-hydrogen) atoms. The minimum absolute atomic E-state index is 0.260. The van der Waals surface area contributed by atoms with E-state index in [9.17, 15) is 14.7 Å². The minimum atomic E-state index is -1.23. The largest absolute Gasteiger partial charge is 0.479 e. The maximum Gasteiger partial charge on any atom is 0.411 e. The van der Waals surface area contributed by atoms with Gasteiger partial charge >= 0.3 is 12.1 Å². The van der Waals surface area contributed by atoms with Crippen LogP contribution < -0.4 is 0 Å². The number of carboxylic acid groups (broad SMARTS) is 1. The lowest BCUT2D eigenvalue weighted by molar-refractivity contribution is -0.149. The van der Waals surface area contributed by atoms with Crippen molar-refractivity contribution in [2.75, 3.05) is 6.54 Å². The summed E-state index contributed by atoms with van der Waals surface area (Å²) in [5.74, 6) is -0.983. The first-order valence-corrected chi connectivity index (χ1v) is 8.20. The number of carbonyl (C=O) groups is 2. The summed E-state index contributed by atoms with van der Waals surface area (Å²) in [5, 5.41) is 9.80. The molecule has 1 N–H and O–H groups in total. The van der Waals surface area contributed by atoms with Crippen LogP contribution in [0.4, 0.5) is 4.79 Å². The molecule has 0 radical (unpaired) electrons. The highest BCUT2D eigenvalue weighted by atomic mass is 16.6. The molecule has 0 aromatic heterocycles. The molecule has 0 aliphatic carbocycles. The highest BCUT2D eigenvalue weighted by molar-refractivity contribution is 5.85. The van der Waals surface area contributed by atoms with Gasteiger partial charge in [0.05, 0.1) is 0 Å². The van der Waals surface area contributed by atoms with E-state index in [0.29, 0.717) is 19.4 Å². The van der Waals surface area contributed by atoms with Crippen molar-refractivity contribution in [3.8, 4) is 0 Å². The molecule has 1 aliphatic heterocycles. The number of aliphatic carboxylic acids is 1. The molecule has 1 saturated heterocycles. The van der Waals surface area contributed by atoms with Crippen LogP contribution in [0.1, 0.15) is 45.6 Å². The number of carbonyl (C=O) groups excluding carboxylic acids is 1. The van der Waals surface area contributed by atoms with Crippen molar-refractivity contribution in [1.29, 1.82) is 0 Å². The van der Waals surface area contributed by atoms with E-state index in [1.54, 1.807) is 20.8 Å². The topological polar surface area (TPSA) is 66.8 Å². The molecule has 2 rings (SSSR count). The number of amides is 1. The average molecular weight is 331 g/mol. The van der Waals surface area contributed by atoms with Gasteiger partial charge in [0.1, 0.15) is 11.1 Å². The molecule has 130 valence electrons. The average Bonchev–Trinajstić information content (AvgIpc) is 2.92. The predicted molar refractivity (Wildman–Crippen MR) is 92.6 cm³/mol. The van der Waals surface area contributed by atoms with E-state index in [1.807, 2.05) is 42.5 Å². The second-order valence-corrected chi connectivity index (χ2v) is 7.09. The van der Waals surface area contributed by atoms with Gasteiger partial charge in [-0.05, 0) is 45.6 Å². The second-order valence-electron chi connectivity index (χ2n) is 7.09. The summed E-state index contributed by atoms with van der Waals surface area (Å²) >= 11 is 0. The lowest BCUT2D eigenvalue weighted by atomic mass is 9.91. The van der Waals surface area contributed by atoms with E-state index >= 15 is 0 Å². The van der Waals surface area contributed by atoms with Gasteiger partial charge in [0.2, 0.25) is 0 Å². The SMILES string of the molecule is CC(C)(C)OC(=O)N1CCC[C@]1(C/C=C/c1ccccc1)C(=O)O. The van der Waals surface area contributed by atoms with E-state index in [1.165, 1.54) is 4.90 Å². The Balaban J connectivity index is 2.18. The monoisotopic (exact) mass is 331 g/mol. The molecular formula is C19H25NO4. The van der Waals surface area contributed by atoms with Gasteiger partial charge in [0.15, 0.2) is 0 Å². The molecule has 1 heterocycles. The summed E-state index contributed by atoms with van der Waals surface area (Å²) in [6.07, 6.45) is 4.50. The predicted octanol–water partition coefficient (Wildman–Crippen LogP) is 3.94. The highest BCUT2D eigenvalue weighted by Gasteiger charge is 2.50. The fourth-order valence-corrected chi connectivity index (χ4v) is 2.94. The summed E-state index contributed by atoms with van der Waals surface area (Å²) in [7, 11) is 0. The van der Waals surface area contributed by atoms with Gasteiger partial charge in [-0.1, -0.05) is 42.5 Å². The van der Waals surface area contributed by atoms with Gasteiger partial charge in [-0.3, -0.25) is 4.90 Å². The Morgan fingerprint density at radius 1 is 1.29 bits per heavy atom. The number of carboxylic acids is 1. The standard InChI is InChI=1S/C19H25NO4/c1-18(2,3)24-17(23)20-14-8-13-19(20,16(21)22)12-7-11-15-9-5-4-6-10-15/h4-7,9-11H,8,12-14H2,1-3H3,(H,21,22)/b11-7+/t19-/m1/s1. The molecule has 1 atom stereocenters. The molecule has 0 saturated carbocycles. The number of nitrogens with zero attached hydrogens (tertiary/aromatic N) is 1. The van der Waals surface area contributed by atoms with Crippen LogP contribution in [0.5, 0.6) is 0 Å². The number of rotatable bonds is 4. The fourth-order valence-electron chi connectivity index (χ4n) is 2.94. The summed E-state index contributed by atoms with van der Waals surface area (Å²) in [6.45, 7) is 5.73. The van der Waals surface area contributed by atoms with E-state index in [0.717, 1.165) is 5.56 Å². The van der Waals surface area contributed by atoms with Gasteiger partial charge in [0, 0.05) is 6.54 Å². The second kappa shape index (κ2) is 7.07. The van der Waals surface area contributed by atoms with Crippen molar-refractivity contribution < 1.29 is 19.4 Å². The first-order chi connectivity index (χ1) is 11.2. The van der Waals surface area contributed by atoms with Gasteiger partial charge in [0.25, 0.3) is 0 Å². The zero-order valence-electron chi connectivity index (χ0n) is 14.5. The maximum atomic E-state index is 12.4. The Hall–Kier alpha value is -2.30. The van der Waals surface area contributed by atoms with Crippen LogP contribution in [0.3, 0.4) is 0 Å². The summed E-state index contributed by atoms with van der Waals surface area (Å²) < 4.78 is 5.39. The van der Waals surface area contributed by atoms with Gasteiger partial charge < -0.3 is 9.84 Å². The van der Waals surface area contributed by atoms with Crippen molar-refractivity contribution in [3.05, 3.63) is 42.0 Å². The quantitative estimate of drug-likeness (QED) is 0.907. The number of hydrogen-bond acceptors (Lipinski definition) is 3. The van der Waals surface area contributed by atoms with Crippen molar-refractivity contribution in [3.63, 3.8) is 0 Å². The lowest BCUT2D eigenvalue weighted by Gasteiger charge is -2.35. The van der Waals surface area contributed by atoms with Crippen LogP contribution >= 0.6 is 0 Å². The van der Waals surface area contributed by atoms with Crippen LogP contribution in [0.15, 0.2) is 36.4 Å². The fraction of sp³-hybridized carbons (Fsp3) is 0.474. The normalized spacial score (nSPS) is 21.2. The first kappa shape index (κ1) is 18.0. The molecule has 1 amide bonds. The smallest absolute Gasteiger partial charge is 0.411 e. The summed E-state index contributed by atoms with van der Waals surface area (Å²) in [5.41, 5.74) is -0.878. The van der Waals surface area contributed by atoms with Gasteiger partial charge in [-0.25, -0.2) is 9.59 Å². The van der Waals surface area contributed by atoms with E-state index in [-0.39, 0.29) is 6.42 Å². The maximum absolute atomic E-state index is 12.4. The molecule has 1 aromatic carbocycles. The number of benzene rings is 1. The zero-order valence-corrected chi connectivity index (χ0v) is 14.5.